The number of methoxy groups -OCH3 is 1. The van der Waals surface area contributed by atoms with E-state index in [-0.39, 0.29) is 12.0 Å². The summed E-state index contributed by atoms with van der Waals surface area (Å²) < 4.78 is 47.3. The molecule has 0 aliphatic carbocycles. The number of fused-ring (bicyclic) bond motifs is 1. The topological polar surface area (TPSA) is 41.6 Å². The van der Waals surface area contributed by atoms with Crippen molar-refractivity contribution in [3.63, 3.8) is 0 Å². The highest BCUT2D eigenvalue weighted by molar-refractivity contribution is 5.91. The Morgan fingerprint density at radius 2 is 1.80 bits per heavy atom. The van der Waals surface area contributed by atoms with E-state index in [9.17, 15) is 18.0 Å². The molecule has 1 heterocycles. The van der Waals surface area contributed by atoms with Crippen molar-refractivity contribution >= 4 is 16.7 Å². The van der Waals surface area contributed by atoms with Gasteiger partial charge in [-0.15, -0.1) is 0 Å². The van der Waals surface area contributed by atoms with E-state index in [2.05, 4.69) is 5.43 Å². The fraction of sp³-hybridized carbons (Fsp3) is 0.389. The molecule has 1 saturated heterocycles. The maximum Gasteiger partial charge on any atom is 0.409 e. The smallest absolute Gasteiger partial charge is 0.409 e. The number of carbonyl (C=O) groups excluding carboxylic acids is 1. The third-order valence-corrected chi connectivity index (χ3v) is 4.49. The van der Waals surface area contributed by atoms with Crippen LogP contribution in [0.25, 0.3) is 10.8 Å². The Morgan fingerprint density at radius 3 is 2.32 bits per heavy atom. The quantitative estimate of drug-likeness (QED) is 0.909. The third kappa shape index (κ3) is 3.04. The predicted octanol–water partition coefficient (Wildman–Crippen LogP) is 3.97. The molecule has 0 aromatic heterocycles. The Kier molecular flexibility index (Phi) is 4.15. The lowest BCUT2D eigenvalue weighted by atomic mass is 9.93. The molecule has 1 amide bonds. The predicted molar refractivity (Wildman–Crippen MR) is 88.0 cm³/mol. The molecule has 3 rings (SSSR count). The first-order chi connectivity index (χ1) is 11.6. The molecule has 25 heavy (non-hydrogen) atoms. The van der Waals surface area contributed by atoms with Crippen LogP contribution in [0.1, 0.15) is 31.9 Å². The second kappa shape index (κ2) is 5.91. The zero-order chi connectivity index (χ0) is 18.4. The van der Waals surface area contributed by atoms with E-state index in [1.165, 1.54) is 19.2 Å². The zero-order valence-corrected chi connectivity index (χ0v) is 14.1. The third-order valence-electron chi connectivity index (χ3n) is 4.49. The lowest BCUT2D eigenvalue weighted by molar-refractivity contribution is -0.203. The largest absolute Gasteiger partial charge is 0.496 e. The minimum absolute atomic E-state index is 0.00761. The number of alkyl halides is 3. The van der Waals surface area contributed by atoms with Crippen LogP contribution in [0.5, 0.6) is 5.75 Å². The highest BCUT2D eigenvalue weighted by Gasteiger charge is 2.53. The summed E-state index contributed by atoms with van der Waals surface area (Å²) >= 11 is 0. The Bertz CT molecular complexity index is 818. The van der Waals surface area contributed by atoms with E-state index in [0.717, 1.165) is 5.01 Å². The molecule has 0 saturated carbocycles. The molecule has 2 aromatic rings. The van der Waals surface area contributed by atoms with E-state index in [0.29, 0.717) is 16.5 Å². The minimum Gasteiger partial charge on any atom is -0.496 e. The summed E-state index contributed by atoms with van der Waals surface area (Å²) in [7, 11) is 1.48. The van der Waals surface area contributed by atoms with Crippen LogP contribution in [-0.2, 0) is 4.79 Å². The number of nitrogens with zero attached hydrogens (tertiary/aromatic N) is 1. The van der Waals surface area contributed by atoms with Gasteiger partial charge in [0.15, 0.2) is 6.04 Å². The first kappa shape index (κ1) is 17.5. The minimum atomic E-state index is -4.56. The summed E-state index contributed by atoms with van der Waals surface area (Å²) in [6, 6.07) is 7.78. The van der Waals surface area contributed by atoms with E-state index < -0.39 is 23.7 Å². The molecule has 7 heteroatoms. The maximum atomic E-state index is 14.0. The van der Waals surface area contributed by atoms with Gasteiger partial charge in [0.1, 0.15) is 5.75 Å². The van der Waals surface area contributed by atoms with Crippen LogP contribution in [0, 0.1) is 0 Å². The maximum absolute atomic E-state index is 14.0. The summed E-state index contributed by atoms with van der Waals surface area (Å²) in [5, 5.41) is 2.06. The summed E-state index contributed by atoms with van der Waals surface area (Å²) in [5.74, 6) is 0.0852. The molecule has 134 valence electrons. The average Bonchev–Trinajstić information content (AvgIpc) is 2.78. The second-order valence-corrected chi connectivity index (χ2v) is 6.74. The number of nitrogens with one attached hydrogen (secondary N) is 1. The number of carbonyl (C=O) groups is 1. The molecular weight excluding hydrogens is 333 g/mol. The van der Waals surface area contributed by atoms with E-state index in [1.54, 1.807) is 38.1 Å². The molecule has 4 nitrogen and oxygen atoms in total. The van der Waals surface area contributed by atoms with E-state index in [1.807, 2.05) is 0 Å². The molecule has 1 aliphatic rings. The van der Waals surface area contributed by atoms with Gasteiger partial charge in [-0.2, -0.15) is 18.2 Å². The zero-order valence-electron chi connectivity index (χ0n) is 14.1. The van der Waals surface area contributed by atoms with Crippen molar-refractivity contribution in [2.24, 2.45) is 0 Å². The van der Waals surface area contributed by atoms with Gasteiger partial charge in [0.25, 0.3) is 0 Å². The van der Waals surface area contributed by atoms with Gasteiger partial charge in [-0.25, -0.2) is 0 Å². The molecule has 0 bridgehead atoms. The van der Waals surface area contributed by atoms with Crippen LogP contribution in [0.3, 0.4) is 0 Å². The number of rotatable bonds is 3. The highest BCUT2D eigenvalue weighted by atomic mass is 19.4. The fourth-order valence-corrected chi connectivity index (χ4v) is 3.39. The Labute approximate surface area is 143 Å². The van der Waals surface area contributed by atoms with Gasteiger partial charge in [0.05, 0.1) is 7.11 Å². The van der Waals surface area contributed by atoms with Gasteiger partial charge in [-0.05, 0) is 30.9 Å². The van der Waals surface area contributed by atoms with Crippen molar-refractivity contribution < 1.29 is 22.7 Å². The number of benzene rings is 2. The van der Waals surface area contributed by atoms with Crippen molar-refractivity contribution in [1.29, 1.82) is 0 Å². The fourth-order valence-electron chi connectivity index (χ4n) is 3.39. The monoisotopic (exact) mass is 352 g/mol. The molecule has 1 unspecified atom stereocenters. The molecule has 1 N–H and O–H groups in total. The van der Waals surface area contributed by atoms with Gasteiger partial charge in [0.2, 0.25) is 5.91 Å². The lowest BCUT2D eigenvalue weighted by Gasteiger charge is -2.38. The number of amides is 1. The summed E-state index contributed by atoms with van der Waals surface area (Å²) in [6.45, 7) is 3.24. The second-order valence-electron chi connectivity index (χ2n) is 6.74. The van der Waals surface area contributed by atoms with Crippen molar-refractivity contribution in [2.45, 2.75) is 38.0 Å². The number of hydrogen-bond donors (Lipinski definition) is 1. The summed E-state index contributed by atoms with van der Waals surface area (Å²) in [5.41, 5.74) is 1.51. The standard InChI is InChI=1S/C18H19F3N2O2/c1-17(2)10-15(24)22-23(17)16(18(19,20)21)13-8-9-14(25-3)12-7-5-4-6-11(12)13/h4-9,16H,10H2,1-3H3,(H,22,24). The lowest BCUT2D eigenvalue weighted by Crippen LogP contribution is -2.51. The van der Waals surface area contributed by atoms with Crippen LogP contribution in [0.15, 0.2) is 36.4 Å². The molecule has 1 aliphatic heterocycles. The molecular formula is C18H19F3N2O2. The van der Waals surface area contributed by atoms with Crippen molar-refractivity contribution in [2.75, 3.05) is 7.11 Å². The summed E-state index contributed by atoms with van der Waals surface area (Å²) in [6.07, 6.45) is -4.56. The van der Waals surface area contributed by atoms with Crippen LogP contribution in [0.2, 0.25) is 0 Å². The number of ether oxygens (including phenoxy) is 1. The van der Waals surface area contributed by atoms with Gasteiger partial charge >= 0.3 is 6.18 Å². The van der Waals surface area contributed by atoms with Gasteiger partial charge in [-0.3, -0.25) is 10.2 Å². The summed E-state index contributed by atoms with van der Waals surface area (Å²) in [4.78, 5) is 11.8. The highest BCUT2D eigenvalue weighted by Crippen LogP contribution is 2.45. The van der Waals surface area contributed by atoms with E-state index in [4.69, 9.17) is 4.74 Å². The molecule has 0 spiro atoms. The van der Waals surface area contributed by atoms with Gasteiger partial charge < -0.3 is 4.74 Å². The normalized spacial score (nSPS) is 19.0. The molecule has 0 radical (unpaired) electrons. The van der Waals surface area contributed by atoms with Crippen molar-refractivity contribution in [1.82, 2.24) is 10.4 Å². The number of halogens is 3. The van der Waals surface area contributed by atoms with E-state index >= 15 is 0 Å². The SMILES string of the molecule is COc1ccc(C(N2NC(=O)CC2(C)C)C(F)(F)F)c2ccccc12. The first-order valence-corrected chi connectivity index (χ1v) is 7.86. The van der Waals surface area contributed by atoms with Crippen molar-refractivity contribution in [3.05, 3.63) is 42.0 Å². The average molecular weight is 352 g/mol. The van der Waals surface area contributed by atoms with Gasteiger partial charge in [-0.1, -0.05) is 30.3 Å². The molecule has 1 atom stereocenters. The number of hydrogen-bond acceptors (Lipinski definition) is 3. The molecule has 1 fully saturated rings. The first-order valence-electron chi connectivity index (χ1n) is 7.86. The Hall–Kier alpha value is -2.28. The van der Waals surface area contributed by atoms with Crippen LogP contribution >= 0.6 is 0 Å². The van der Waals surface area contributed by atoms with Crippen LogP contribution in [0.4, 0.5) is 13.2 Å². The van der Waals surface area contributed by atoms with Crippen LogP contribution < -0.4 is 10.2 Å². The van der Waals surface area contributed by atoms with Crippen LogP contribution in [-0.4, -0.2) is 29.7 Å². The number of hydrazine groups is 1. The Balaban J connectivity index is 2.23. The van der Waals surface area contributed by atoms with Crippen molar-refractivity contribution in [3.8, 4) is 5.75 Å². The molecule has 2 aromatic carbocycles. The van der Waals surface area contributed by atoms with Gasteiger partial charge in [0, 0.05) is 17.3 Å². The Morgan fingerprint density at radius 1 is 1.16 bits per heavy atom.